The van der Waals surface area contributed by atoms with Crippen LogP contribution in [0.4, 0.5) is 0 Å². The molecule has 1 atom stereocenters. The maximum Gasteiger partial charge on any atom is -0.00539 e. The summed E-state index contributed by atoms with van der Waals surface area (Å²) in [4.78, 5) is 0. The molecule has 0 N–H and O–H groups in total. The Morgan fingerprint density at radius 3 is 1.25 bits per heavy atom. The zero-order valence-electron chi connectivity index (χ0n) is 31.7. The summed E-state index contributed by atoms with van der Waals surface area (Å²) in [7, 11) is 0. The topological polar surface area (TPSA) is 0 Å². The van der Waals surface area contributed by atoms with Gasteiger partial charge in [-0.2, -0.15) is 0 Å². The third kappa shape index (κ3) is 46.1. The first-order chi connectivity index (χ1) is 18.2. The van der Waals surface area contributed by atoms with Crippen LogP contribution in [-0.2, 0) is 0 Å². The summed E-state index contributed by atoms with van der Waals surface area (Å²) in [5.74, 6) is 0.491. The van der Waals surface area contributed by atoms with Crippen LogP contribution in [0.1, 0.15) is 158 Å². The Labute approximate surface area is 257 Å². The van der Waals surface area contributed by atoms with Gasteiger partial charge in [0.05, 0.1) is 0 Å². The van der Waals surface area contributed by atoms with E-state index in [4.69, 9.17) is 0 Å². The molecule has 0 radical (unpaired) electrons. The highest BCUT2D eigenvalue weighted by Crippen LogP contribution is 2.22. The summed E-state index contributed by atoms with van der Waals surface area (Å²) < 4.78 is 0. The summed E-state index contributed by atoms with van der Waals surface area (Å²) in [6.07, 6.45) is 14.4. The van der Waals surface area contributed by atoms with Crippen molar-refractivity contribution >= 4 is 0 Å². The first kappa shape index (κ1) is 51.0. The first-order valence-corrected chi connectivity index (χ1v) is 15.8. The Bertz CT molecular complexity index is 725. The monoisotopic (exact) mass is 559 g/mol. The first-order valence-electron chi connectivity index (χ1n) is 15.8. The Balaban J connectivity index is -0.0000000951. The number of rotatable bonds is 8. The molecule has 0 aliphatic heterocycles. The minimum atomic E-state index is 0.491. The van der Waals surface area contributed by atoms with Crippen LogP contribution in [-0.4, -0.2) is 0 Å². The van der Waals surface area contributed by atoms with E-state index in [2.05, 4.69) is 141 Å². The molecule has 0 aromatic heterocycles. The van der Waals surface area contributed by atoms with Crippen molar-refractivity contribution in [2.75, 3.05) is 0 Å². The van der Waals surface area contributed by atoms with Crippen LogP contribution in [0.25, 0.3) is 0 Å². The zero-order valence-corrected chi connectivity index (χ0v) is 31.7. The molecule has 238 valence electrons. The second-order valence-electron chi connectivity index (χ2n) is 12.1. The predicted octanol–water partition coefficient (Wildman–Crippen LogP) is 15.1. The molecule has 0 heteroatoms. The molecule has 0 aromatic rings. The van der Waals surface area contributed by atoms with Gasteiger partial charge in [-0.05, 0) is 70.8 Å². The molecule has 1 unspecified atom stereocenters. The van der Waals surface area contributed by atoms with Gasteiger partial charge in [-0.25, -0.2) is 0 Å². The van der Waals surface area contributed by atoms with Crippen molar-refractivity contribution in [3.05, 3.63) is 83.6 Å². The molecule has 40 heavy (non-hydrogen) atoms. The average molecular weight is 559 g/mol. The van der Waals surface area contributed by atoms with E-state index in [9.17, 15) is 0 Å². The van der Waals surface area contributed by atoms with E-state index in [1.807, 2.05) is 47.6 Å². The highest BCUT2D eigenvalue weighted by Gasteiger charge is 2.09. The molecular weight excluding hydrogens is 480 g/mol. The lowest BCUT2D eigenvalue weighted by Crippen LogP contribution is -2.05. The molecule has 0 saturated heterocycles. The van der Waals surface area contributed by atoms with Crippen LogP contribution in [0.15, 0.2) is 83.6 Å². The lowest BCUT2D eigenvalue weighted by atomic mass is 9.88. The minimum absolute atomic E-state index is 0.491. The molecule has 0 fully saturated rings. The van der Waals surface area contributed by atoms with Crippen LogP contribution < -0.4 is 0 Å². The van der Waals surface area contributed by atoms with Crippen molar-refractivity contribution in [1.82, 2.24) is 0 Å². The van der Waals surface area contributed by atoms with E-state index < -0.39 is 0 Å². The van der Waals surface area contributed by atoms with Crippen LogP contribution in [0, 0.1) is 16.7 Å². The SMILES string of the molecule is C=C(C)C(=C)/C=C\C(C)=C(C)C.C=C(C)C(C)/C=C\C(C)=C/C.CC.CC.CCC(C)(C)C.CCC(C)(C)CC. The largest absolute Gasteiger partial charge is 0.0996 e. The van der Waals surface area contributed by atoms with Crippen molar-refractivity contribution in [2.24, 2.45) is 16.7 Å². The molecule has 0 heterocycles. The third-order valence-electron chi connectivity index (χ3n) is 6.73. The van der Waals surface area contributed by atoms with Crippen molar-refractivity contribution in [1.29, 1.82) is 0 Å². The van der Waals surface area contributed by atoms with Gasteiger partial charge in [0.25, 0.3) is 0 Å². The molecular formula is C40H78. The standard InChI is InChI=1S/C12H18.C11H18.C7H16.C6H14.2C2H6/c1-9(2)11(5)7-8-12(6)10(3)4;1-6-10(4)7-8-11(5)9(2)3;1-5-7(3,4)6-2;1-5-6(2,3)4;2*1-2/h7-8H,1,5H2,2-4,6H3;6-8,11H,2H2,1,3-5H3;5-6H2,1-4H3;5H2,1-4H3;2*1-2H3/b8-7-;8-7-,10-6-;;;;. The fourth-order valence-electron chi connectivity index (χ4n) is 1.34. The van der Waals surface area contributed by atoms with Gasteiger partial charge in [0.1, 0.15) is 0 Å². The number of allylic oxidation sites excluding steroid dienone is 11. The molecule has 0 bridgehead atoms. The summed E-state index contributed by atoms with van der Waals surface area (Å²) in [5, 5.41) is 0. The summed E-state index contributed by atoms with van der Waals surface area (Å²) in [5.41, 5.74) is 8.28. The van der Waals surface area contributed by atoms with Crippen molar-refractivity contribution in [2.45, 2.75) is 158 Å². The molecule has 0 saturated carbocycles. The molecule has 0 nitrogen and oxygen atoms in total. The maximum absolute atomic E-state index is 3.89. The maximum atomic E-state index is 3.89. The van der Waals surface area contributed by atoms with E-state index in [0.717, 1.165) is 11.1 Å². The predicted molar refractivity (Wildman–Crippen MR) is 196 cm³/mol. The fourth-order valence-corrected chi connectivity index (χ4v) is 1.34. The van der Waals surface area contributed by atoms with E-state index >= 15 is 0 Å². The summed E-state index contributed by atoms with van der Waals surface area (Å²) in [6, 6.07) is 0. The van der Waals surface area contributed by atoms with Gasteiger partial charge >= 0.3 is 0 Å². The molecule has 0 rings (SSSR count). The normalized spacial score (nSPS) is 11.4. The number of hydrogen-bond donors (Lipinski definition) is 0. The van der Waals surface area contributed by atoms with Gasteiger partial charge in [-0.3, -0.25) is 0 Å². The van der Waals surface area contributed by atoms with Gasteiger partial charge in [-0.1, -0.05) is 187 Å². The van der Waals surface area contributed by atoms with Gasteiger partial charge < -0.3 is 0 Å². The third-order valence-corrected chi connectivity index (χ3v) is 6.73. The van der Waals surface area contributed by atoms with Crippen molar-refractivity contribution in [3.8, 4) is 0 Å². The molecule has 0 aliphatic carbocycles. The van der Waals surface area contributed by atoms with Gasteiger partial charge in [0, 0.05) is 0 Å². The Hall–Kier alpha value is -1.82. The second kappa shape index (κ2) is 31.7. The van der Waals surface area contributed by atoms with Crippen LogP contribution in [0.2, 0.25) is 0 Å². The van der Waals surface area contributed by atoms with E-state index in [1.54, 1.807) is 0 Å². The minimum Gasteiger partial charge on any atom is -0.0996 e. The van der Waals surface area contributed by atoms with E-state index in [1.165, 1.54) is 41.6 Å². The van der Waals surface area contributed by atoms with Crippen molar-refractivity contribution in [3.63, 3.8) is 0 Å². The Morgan fingerprint density at radius 1 is 0.675 bits per heavy atom. The zero-order chi connectivity index (χ0) is 33.7. The fraction of sp³-hybridized carbons (Fsp3) is 0.650. The van der Waals surface area contributed by atoms with E-state index in [-0.39, 0.29) is 0 Å². The van der Waals surface area contributed by atoms with Gasteiger partial charge in [0.15, 0.2) is 0 Å². The lowest BCUT2D eigenvalue weighted by Gasteiger charge is -2.18. The average Bonchev–Trinajstić information content (AvgIpc) is 2.92. The lowest BCUT2D eigenvalue weighted by molar-refractivity contribution is 0.338. The molecule has 0 amide bonds. The van der Waals surface area contributed by atoms with Crippen LogP contribution in [0.5, 0.6) is 0 Å². The van der Waals surface area contributed by atoms with Gasteiger partial charge in [0.2, 0.25) is 0 Å². The summed E-state index contributed by atoms with van der Waals surface area (Å²) in [6.45, 7) is 54.2. The van der Waals surface area contributed by atoms with Crippen LogP contribution in [0.3, 0.4) is 0 Å². The Kier molecular flexibility index (Phi) is 40.4. The highest BCUT2D eigenvalue weighted by molar-refractivity contribution is 5.37. The van der Waals surface area contributed by atoms with Gasteiger partial charge in [-0.15, -0.1) is 0 Å². The smallest absolute Gasteiger partial charge is 0.00539 e. The quantitative estimate of drug-likeness (QED) is 0.205. The number of hydrogen-bond acceptors (Lipinski definition) is 0. The molecule has 0 spiro atoms. The second-order valence-corrected chi connectivity index (χ2v) is 12.1. The molecule has 0 aliphatic rings. The molecule has 0 aromatic carbocycles. The highest BCUT2D eigenvalue weighted by atomic mass is 14.2. The van der Waals surface area contributed by atoms with E-state index in [0.29, 0.717) is 16.7 Å². The van der Waals surface area contributed by atoms with Crippen molar-refractivity contribution < 1.29 is 0 Å². The Morgan fingerprint density at radius 2 is 1.05 bits per heavy atom. The van der Waals surface area contributed by atoms with Crippen LogP contribution >= 0.6 is 0 Å². The summed E-state index contributed by atoms with van der Waals surface area (Å²) >= 11 is 0.